The molecule has 16 nitrogen and oxygen atoms in total. The Morgan fingerprint density at radius 1 is 1.22 bits per heavy atom. The third-order valence-electron chi connectivity index (χ3n) is 5.62. The second kappa shape index (κ2) is 10.6. The molecule has 0 aromatic carbocycles. The molecule has 0 bridgehead atoms. The molecule has 4 heterocycles. The first-order chi connectivity index (χ1) is 17.5. The van der Waals surface area contributed by atoms with E-state index in [-0.39, 0.29) is 22.2 Å². The number of thiazole rings is 1. The number of carbonyl (C=O) groups excluding carboxylic acids is 2. The quantitative estimate of drug-likeness (QED) is 0.0965. The summed E-state index contributed by atoms with van der Waals surface area (Å²) in [5.41, 5.74) is -0.495. The van der Waals surface area contributed by atoms with Crippen molar-refractivity contribution < 1.29 is 54.3 Å². The molecule has 37 heavy (non-hydrogen) atoms. The zero-order valence-electron chi connectivity index (χ0n) is 18.7. The molecule has 1 aromatic heterocycles. The predicted molar refractivity (Wildman–Crippen MR) is 124 cm³/mol. The average molecular weight is 560 g/mol. The monoisotopic (exact) mass is 559 g/mol. The van der Waals surface area contributed by atoms with E-state index in [0.717, 1.165) is 16.2 Å². The standard InChI is InChI=1S/C19H21N5O11S2/c1-34-23-7(13(28)21-8-15(29)24-6(17(30)31)2-3-36-16(8)24)5-4-37-19(20-5)22-14-11(27)9(25)10(26)12(35-14)18(32)33/h2,4,8-12,14,16,25-27H,3H2,1H3,(H,20,22)(H,21,28)(H,30,31)(H,32,33)/b23-7-/t8-,9?,10?,11?,12?,14?,16-/m1/s1. The Hall–Kier alpha value is -3.29. The number of amides is 2. The molecule has 0 aliphatic carbocycles. The smallest absolute Gasteiger partial charge is 0.352 e. The van der Waals surface area contributed by atoms with E-state index in [1.807, 2.05) is 0 Å². The third-order valence-corrected chi connectivity index (χ3v) is 7.58. The summed E-state index contributed by atoms with van der Waals surface area (Å²) in [7, 11) is 1.18. The minimum Gasteiger partial charge on any atom is -0.479 e. The van der Waals surface area contributed by atoms with Crippen molar-refractivity contribution in [2.24, 2.45) is 5.16 Å². The number of ether oxygens (including phenoxy) is 1. The SMILES string of the molecule is CO/N=C(\C(=O)N[C@@H]1C(=O)N2C(C(=O)O)=CCS[C@H]12)c1csc(NC2OC(C(=O)O)C(O)C(O)C2O)n1. The molecule has 18 heteroatoms. The molecule has 3 aliphatic heterocycles. The van der Waals surface area contributed by atoms with Crippen LogP contribution in [0.2, 0.25) is 0 Å². The highest BCUT2D eigenvalue weighted by molar-refractivity contribution is 8.00. The fraction of sp³-hybridized carbons (Fsp3) is 0.474. The van der Waals surface area contributed by atoms with Gasteiger partial charge in [0, 0.05) is 11.1 Å². The number of aromatic nitrogens is 1. The summed E-state index contributed by atoms with van der Waals surface area (Å²) in [5.74, 6) is -3.90. The van der Waals surface area contributed by atoms with Crippen LogP contribution in [0, 0.1) is 0 Å². The summed E-state index contributed by atoms with van der Waals surface area (Å²) >= 11 is 2.19. The normalized spacial score (nSPS) is 31.5. The maximum absolute atomic E-state index is 12.9. The summed E-state index contributed by atoms with van der Waals surface area (Å²) < 4.78 is 5.14. The molecule has 0 radical (unpaired) electrons. The largest absolute Gasteiger partial charge is 0.479 e. The summed E-state index contributed by atoms with van der Waals surface area (Å²) in [4.78, 5) is 58.1. The average Bonchev–Trinajstić information content (AvgIpc) is 3.33. The van der Waals surface area contributed by atoms with Gasteiger partial charge in [-0.05, 0) is 6.08 Å². The van der Waals surface area contributed by atoms with Gasteiger partial charge in [0.1, 0.15) is 48.2 Å². The number of nitrogens with one attached hydrogen (secondary N) is 2. The van der Waals surface area contributed by atoms with Gasteiger partial charge in [-0.1, -0.05) is 5.16 Å². The number of aliphatic hydroxyl groups is 3. The van der Waals surface area contributed by atoms with Gasteiger partial charge in [-0.25, -0.2) is 14.6 Å². The van der Waals surface area contributed by atoms with E-state index in [4.69, 9.17) is 9.57 Å². The van der Waals surface area contributed by atoms with Gasteiger partial charge in [0.15, 0.2) is 23.2 Å². The number of hydrogen-bond acceptors (Lipinski definition) is 14. The highest BCUT2D eigenvalue weighted by Gasteiger charge is 2.53. The van der Waals surface area contributed by atoms with Crippen LogP contribution in [0.1, 0.15) is 5.69 Å². The van der Waals surface area contributed by atoms with Crippen molar-refractivity contribution in [2.75, 3.05) is 18.2 Å². The minimum atomic E-state index is -1.86. The van der Waals surface area contributed by atoms with E-state index in [1.165, 1.54) is 30.3 Å². The van der Waals surface area contributed by atoms with Gasteiger partial charge in [-0.2, -0.15) is 0 Å². The molecule has 2 amide bonds. The summed E-state index contributed by atoms with van der Waals surface area (Å²) in [6.07, 6.45) is -7.27. The van der Waals surface area contributed by atoms with Crippen LogP contribution in [-0.2, 0) is 28.8 Å². The lowest BCUT2D eigenvalue weighted by atomic mass is 9.98. The second-order valence-corrected chi connectivity index (χ2v) is 9.88. The van der Waals surface area contributed by atoms with Gasteiger partial charge < -0.3 is 45.7 Å². The Morgan fingerprint density at radius 3 is 2.59 bits per heavy atom. The van der Waals surface area contributed by atoms with Crippen LogP contribution < -0.4 is 10.6 Å². The number of anilines is 1. The fourth-order valence-electron chi connectivity index (χ4n) is 3.82. The summed E-state index contributed by atoms with van der Waals surface area (Å²) in [5, 5.41) is 57.9. The van der Waals surface area contributed by atoms with E-state index in [0.29, 0.717) is 5.75 Å². The molecule has 7 N–H and O–H groups in total. The van der Waals surface area contributed by atoms with Crippen molar-refractivity contribution in [1.82, 2.24) is 15.2 Å². The lowest BCUT2D eigenvalue weighted by Gasteiger charge is -2.48. The number of hydrogen-bond donors (Lipinski definition) is 7. The number of nitrogens with zero attached hydrogens (tertiary/aromatic N) is 3. The summed E-state index contributed by atoms with van der Waals surface area (Å²) in [6.45, 7) is 0. The third kappa shape index (κ3) is 4.98. The maximum atomic E-state index is 12.9. The van der Waals surface area contributed by atoms with Gasteiger partial charge in [-0.15, -0.1) is 23.1 Å². The molecule has 4 rings (SSSR count). The van der Waals surface area contributed by atoms with Crippen LogP contribution in [0.5, 0.6) is 0 Å². The molecule has 2 fully saturated rings. The number of carboxylic acids is 2. The fourth-order valence-corrected chi connectivity index (χ4v) is 5.73. The van der Waals surface area contributed by atoms with Crippen molar-refractivity contribution in [3.05, 3.63) is 22.8 Å². The van der Waals surface area contributed by atoms with E-state index in [2.05, 4.69) is 20.8 Å². The number of carboxylic acid groups (broad SMARTS) is 2. The van der Waals surface area contributed by atoms with Crippen LogP contribution in [0.25, 0.3) is 0 Å². The van der Waals surface area contributed by atoms with Crippen molar-refractivity contribution in [1.29, 1.82) is 0 Å². The molecular weight excluding hydrogens is 538 g/mol. The number of fused-ring (bicyclic) bond motifs is 1. The Kier molecular flexibility index (Phi) is 7.67. The lowest BCUT2D eigenvalue weighted by molar-refractivity contribution is -0.221. The Morgan fingerprint density at radius 2 is 1.95 bits per heavy atom. The highest BCUT2D eigenvalue weighted by Crippen LogP contribution is 2.37. The number of oxime groups is 1. The first-order valence-corrected chi connectivity index (χ1v) is 12.4. The zero-order valence-corrected chi connectivity index (χ0v) is 20.4. The number of aliphatic carboxylic acids is 2. The van der Waals surface area contributed by atoms with Gasteiger partial charge in [0.05, 0.1) is 0 Å². The number of thioether (sulfide) groups is 1. The van der Waals surface area contributed by atoms with Crippen molar-refractivity contribution in [3.8, 4) is 0 Å². The van der Waals surface area contributed by atoms with Crippen molar-refractivity contribution in [2.45, 2.75) is 42.1 Å². The van der Waals surface area contributed by atoms with Gasteiger partial charge in [0.25, 0.3) is 11.8 Å². The zero-order chi connectivity index (χ0) is 27.0. The molecule has 7 atom stereocenters. The van der Waals surface area contributed by atoms with Crippen LogP contribution in [0.3, 0.4) is 0 Å². The first kappa shape index (κ1) is 26.8. The maximum Gasteiger partial charge on any atom is 0.352 e. The van der Waals surface area contributed by atoms with E-state index in [1.54, 1.807) is 0 Å². The van der Waals surface area contributed by atoms with Crippen LogP contribution in [-0.4, -0.2) is 120 Å². The van der Waals surface area contributed by atoms with Crippen LogP contribution in [0.4, 0.5) is 5.13 Å². The predicted octanol–water partition coefficient (Wildman–Crippen LogP) is -2.83. The molecule has 1 aromatic rings. The molecule has 3 aliphatic rings. The minimum absolute atomic E-state index is 0.0152. The highest BCUT2D eigenvalue weighted by atomic mass is 32.2. The molecule has 2 saturated heterocycles. The molecule has 0 spiro atoms. The Bertz CT molecular complexity index is 1170. The number of rotatable bonds is 8. The van der Waals surface area contributed by atoms with E-state index < -0.39 is 65.8 Å². The Balaban J connectivity index is 1.45. The summed E-state index contributed by atoms with van der Waals surface area (Å²) in [6, 6.07) is -1.01. The van der Waals surface area contributed by atoms with Crippen LogP contribution in [0.15, 0.2) is 22.3 Å². The Labute approximate surface area is 215 Å². The van der Waals surface area contributed by atoms with Crippen LogP contribution >= 0.6 is 23.1 Å². The van der Waals surface area contributed by atoms with E-state index >= 15 is 0 Å². The number of aliphatic hydroxyl groups excluding tert-OH is 3. The van der Waals surface area contributed by atoms with Gasteiger partial charge in [-0.3, -0.25) is 14.5 Å². The number of β-lactam (4-membered cyclic amide) rings is 1. The van der Waals surface area contributed by atoms with Gasteiger partial charge >= 0.3 is 11.9 Å². The topological polar surface area (TPSA) is 240 Å². The molecule has 200 valence electrons. The lowest BCUT2D eigenvalue weighted by Crippen LogP contribution is -2.70. The number of carbonyl (C=O) groups is 4. The first-order valence-electron chi connectivity index (χ1n) is 10.5. The van der Waals surface area contributed by atoms with Crippen molar-refractivity contribution in [3.63, 3.8) is 0 Å². The van der Waals surface area contributed by atoms with E-state index in [9.17, 15) is 44.7 Å². The second-order valence-electron chi connectivity index (χ2n) is 7.87. The van der Waals surface area contributed by atoms with Crippen molar-refractivity contribution >= 4 is 57.7 Å². The van der Waals surface area contributed by atoms with Gasteiger partial charge in [0.2, 0.25) is 0 Å². The molecular formula is C19H21N5O11S2. The molecule has 5 unspecified atom stereocenters. The molecule has 0 saturated carbocycles.